The van der Waals surface area contributed by atoms with Gasteiger partial charge in [-0.15, -0.1) is 10.6 Å². The molecule has 3 aliphatic rings. The number of rotatable bonds is 1. The molecule has 1 saturated carbocycles. The molecule has 1 aromatic carbocycles. The zero-order chi connectivity index (χ0) is 18.3. The van der Waals surface area contributed by atoms with Crippen molar-refractivity contribution >= 4 is 12.0 Å². The van der Waals surface area contributed by atoms with Crippen molar-refractivity contribution in [1.82, 2.24) is 26.3 Å². The topological polar surface area (TPSA) is 72.0 Å². The molecule has 4 rings (SSSR count). The Bertz CT molecular complexity index is 739. The predicted octanol–water partition coefficient (Wildman–Crippen LogP) is 1.86. The van der Waals surface area contributed by atoms with Crippen molar-refractivity contribution in [3.05, 3.63) is 35.4 Å². The van der Waals surface area contributed by atoms with Crippen LogP contribution in [0.4, 0.5) is 13.6 Å². The van der Waals surface area contributed by atoms with E-state index < -0.39 is 11.6 Å². The minimum Gasteiger partial charge on any atom is -0.324 e. The second-order valence-electron chi connectivity index (χ2n) is 7.38. The Balaban J connectivity index is 1.31. The van der Waals surface area contributed by atoms with Gasteiger partial charge in [-0.1, -0.05) is 12.1 Å². The number of piperidine rings is 1. The van der Waals surface area contributed by atoms with Crippen molar-refractivity contribution in [3.8, 4) is 0 Å². The van der Waals surface area contributed by atoms with E-state index in [1.54, 1.807) is 29.1 Å². The molecule has 1 spiro atoms. The number of benzene rings is 1. The van der Waals surface area contributed by atoms with Crippen LogP contribution < -0.4 is 16.4 Å². The normalized spacial score (nSPS) is 22.0. The van der Waals surface area contributed by atoms with Crippen molar-refractivity contribution in [2.24, 2.45) is 10.5 Å². The highest BCUT2D eigenvalue weighted by Crippen LogP contribution is 2.57. The fourth-order valence-electron chi connectivity index (χ4n) is 4.20. The van der Waals surface area contributed by atoms with Crippen LogP contribution in [0, 0.1) is 17.0 Å². The number of amides is 2. The number of carbonyl (C=O) groups is 1. The van der Waals surface area contributed by atoms with Gasteiger partial charge >= 0.3 is 6.03 Å². The van der Waals surface area contributed by atoms with E-state index in [-0.39, 0.29) is 17.4 Å². The molecule has 26 heavy (non-hydrogen) atoms. The van der Waals surface area contributed by atoms with E-state index in [2.05, 4.69) is 21.5 Å². The van der Waals surface area contributed by atoms with Gasteiger partial charge in [0.1, 0.15) is 0 Å². The summed E-state index contributed by atoms with van der Waals surface area (Å²) in [6.07, 6.45) is 3.47. The molecule has 0 atom stereocenters. The van der Waals surface area contributed by atoms with Crippen LogP contribution in [-0.4, -0.2) is 42.0 Å². The molecule has 9 heteroatoms. The molecule has 3 N–H and O–H groups in total. The van der Waals surface area contributed by atoms with Crippen LogP contribution in [0.5, 0.6) is 0 Å². The summed E-state index contributed by atoms with van der Waals surface area (Å²) in [5.41, 5.74) is 5.92. The molecule has 2 aliphatic heterocycles. The highest BCUT2D eigenvalue weighted by molar-refractivity contribution is 5.96. The average molecular weight is 364 g/mol. The number of hydrazone groups is 1. The van der Waals surface area contributed by atoms with Crippen LogP contribution in [0.25, 0.3) is 0 Å². The van der Waals surface area contributed by atoms with Gasteiger partial charge in [-0.2, -0.15) is 0 Å². The lowest BCUT2D eigenvalue weighted by atomic mass is 9.56. The van der Waals surface area contributed by atoms with E-state index in [0.717, 1.165) is 31.7 Å². The fraction of sp³-hybridized carbons (Fsp3) is 0.529. The lowest BCUT2D eigenvalue weighted by Gasteiger charge is -2.52. The number of nitrogens with zero attached hydrogens (tertiary/aromatic N) is 3. The van der Waals surface area contributed by atoms with Crippen LogP contribution in [0.3, 0.4) is 0 Å². The van der Waals surface area contributed by atoms with Gasteiger partial charge in [-0.25, -0.2) is 19.1 Å². The first kappa shape index (κ1) is 17.0. The number of halogens is 2. The molecule has 1 saturated heterocycles. The summed E-state index contributed by atoms with van der Waals surface area (Å²) >= 11 is 0. The third kappa shape index (κ3) is 2.96. The minimum absolute atomic E-state index is 0.0738. The summed E-state index contributed by atoms with van der Waals surface area (Å²) in [6, 6.07) is 4.22. The first-order valence-corrected chi connectivity index (χ1v) is 8.79. The van der Waals surface area contributed by atoms with Crippen molar-refractivity contribution in [2.75, 3.05) is 20.1 Å². The Morgan fingerprint density at radius 1 is 1.31 bits per heavy atom. The third-order valence-corrected chi connectivity index (χ3v) is 5.81. The maximum atomic E-state index is 14.0. The average Bonchev–Trinajstić information content (AvgIpc) is 3.00. The summed E-state index contributed by atoms with van der Waals surface area (Å²) in [5, 5.41) is 8.26. The smallest absolute Gasteiger partial charge is 0.324 e. The molecule has 1 aromatic rings. The number of hydrogen-bond acceptors (Lipinski definition) is 5. The van der Waals surface area contributed by atoms with Crippen molar-refractivity contribution in [3.63, 3.8) is 0 Å². The number of likely N-dealkylation sites (tertiary alicyclic amines) is 1. The Morgan fingerprint density at radius 3 is 2.69 bits per heavy atom. The second-order valence-corrected chi connectivity index (χ2v) is 7.38. The first-order chi connectivity index (χ1) is 12.5. The van der Waals surface area contributed by atoms with Gasteiger partial charge in [0.05, 0.1) is 0 Å². The van der Waals surface area contributed by atoms with Gasteiger partial charge in [0, 0.05) is 20.1 Å². The van der Waals surface area contributed by atoms with E-state index in [1.165, 1.54) is 0 Å². The van der Waals surface area contributed by atoms with Gasteiger partial charge in [0.25, 0.3) is 0 Å². The maximum absolute atomic E-state index is 14.0. The molecule has 0 radical (unpaired) electrons. The summed E-state index contributed by atoms with van der Waals surface area (Å²) in [5.74, 6) is -1.00. The summed E-state index contributed by atoms with van der Waals surface area (Å²) in [4.78, 5) is 14.1. The Hall–Kier alpha value is -2.42. The number of hydrazine groups is 2. The van der Waals surface area contributed by atoms with E-state index in [1.807, 2.05) is 0 Å². The molecule has 7 nitrogen and oxygen atoms in total. The quantitative estimate of drug-likeness (QED) is 0.711. The first-order valence-electron chi connectivity index (χ1n) is 8.79. The fourth-order valence-corrected chi connectivity index (χ4v) is 4.20. The molecular formula is C17H22F2N6O. The SMILES string of the molecule is CN1NNN=C1NC(=O)N1CCC2(CC1)CC(c1cccc(F)c1F)C2. The minimum atomic E-state index is -0.779. The number of carbonyl (C=O) groups excluding carboxylic acids is 1. The lowest BCUT2D eigenvalue weighted by Crippen LogP contribution is -2.53. The van der Waals surface area contributed by atoms with E-state index in [0.29, 0.717) is 24.6 Å². The number of hydrogen-bond donors (Lipinski definition) is 3. The van der Waals surface area contributed by atoms with Crippen LogP contribution >= 0.6 is 0 Å². The third-order valence-electron chi connectivity index (χ3n) is 5.81. The molecule has 1 aliphatic carbocycles. The van der Waals surface area contributed by atoms with Gasteiger partial charge in [0.2, 0.25) is 5.96 Å². The Labute approximate surface area is 150 Å². The summed E-state index contributed by atoms with van der Waals surface area (Å²) < 4.78 is 27.4. The predicted molar refractivity (Wildman–Crippen MR) is 91.6 cm³/mol. The Morgan fingerprint density at radius 2 is 2.04 bits per heavy atom. The number of nitrogens with one attached hydrogen (secondary N) is 3. The second kappa shape index (κ2) is 6.39. The van der Waals surface area contributed by atoms with E-state index in [9.17, 15) is 13.6 Å². The molecule has 2 amide bonds. The van der Waals surface area contributed by atoms with Crippen LogP contribution in [-0.2, 0) is 0 Å². The van der Waals surface area contributed by atoms with Gasteiger partial charge in [-0.3, -0.25) is 10.3 Å². The molecule has 0 unspecified atom stereocenters. The van der Waals surface area contributed by atoms with Crippen molar-refractivity contribution in [1.29, 1.82) is 0 Å². The monoisotopic (exact) mass is 364 g/mol. The van der Waals surface area contributed by atoms with Gasteiger partial charge in [0.15, 0.2) is 11.6 Å². The van der Waals surface area contributed by atoms with E-state index >= 15 is 0 Å². The molecule has 140 valence electrons. The highest BCUT2D eigenvalue weighted by Gasteiger charge is 2.47. The lowest BCUT2D eigenvalue weighted by molar-refractivity contribution is 0.0265. The molecule has 0 bridgehead atoms. The summed E-state index contributed by atoms with van der Waals surface area (Å²) in [7, 11) is 1.74. The molecule has 0 aromatic heterocycles. The molecule has 2 heterocycles. The van der Waals surface area contributed by atoms with Crippen LogP contribution in [0.15, 0.2) is 23.3 Å². The molecule has 2 fully saturated rings. The summed E-state index contributed by atoms with van der Waals surface area (Å²) in [6.45, 7) is 1.31. The number of guanidine groups is 1. The molecular weight excluding hydrogens is 342 g/mol. The number of urea groups is 1. The van der Waals surface area contributed by atoms with Gasteiger partial charge in [-0.05, 0) is 48.6 Å². The van der Waals surface area contributed by atoms with E-state index in [4.69, 9.17) is 0 Å². The zero-order valence-corrected chi connectivity index (χ0v) is 14.6. The Kier molecular flexibility index (Phi) is 4.18. The largest absolute Gasteiger partial charge is 0.324 e. The van der Waals surface area contributed by atoms with Crippen molar-refractivity contribution in [2.45, 2.75) is 31.6 Å². The standard InChI is InChI=1S/C17H22F2N6O/c1-24-15(21-22-23-24)20-16(26)25-7-5-17(6-8-25)9-11(10-17)12-3-2-4-13(18)14(12)19/h2-4,11,22-23H,5-10H2,1H3,(H,20,21,26). The highest BCUT2D eigenvalue weighted by atomic mass is 19.2. The maximum Gasteiger partial charge on any atom is 0.324 e. The van der Waals surface area contributed by atoms with Gasteiger partial charge < -0.3 is 4.90 Å². The van der Waals surface area contributed by atoms with Crippen molar-refractivity contribution < 1.29 is 13.6 Å². The van der Waals surface area contributed by atoms with Crippen LogP contribution in [0.2, 0.25) is 0 Å². The van der Waals surface area contributed by atoms with Crippen LogP contribution in [0.1, 0.15) is 37.2 Å². The zero-order valence-electron chi connectivity index (χ0n) is 14.6.